The van der Waals surface area contributed by atoms with E-state index in [-0.39, 0.29) is 5.91 Å². The van der Waals surface area contributed by atoms with E-state index in [0.29, 0.717) is 11.5 Å². The van der Waals surface area contributed by atoms with E-state index in [1.165, 1.54) is 0 Å². The minimum absolute atomic E-state index is 0.00354. The molecule has 0 spiro atoms. The summed E-state index contributed by atoms with van der Waals surface area (Å²) in [7, 11) is 0. The highest BCUT2D eigenvalue weighted by Gasteiger charge is 2.25. The van der Waals surface area contributed by atoms with Gasteiger partial charge in [-0.2, -0.15) is 0 Å². The third-order valence-corrected chi connectivity index (χ3v) is 5.59. The van der Waals surface area contributed by atoms with Gasteiger partial charge >= 0.3 is 0 Å². The third kappa shape index (κ3) is 4.45. The van der Waals surface area contributed by atoms with Gasteiger partial charge in [-0.25, -0.2) is 19.9 Å². The van der Waals surface area contributed by atoms with E-state index >= 15 is 0 Å². The van der Waals surface area contributed by atoms with E-state index in [0.717, 1.165) is 70.7 Å². The smallest absolute Gasteiger partial charge is 0.272 e. The van der Waals surface area contributed by atoms with Gasteiger partial charge in [-0.15, -0.1) is 0 Å². The van der Waals surface area contributed by atoms with Gasteiger partial charge in [-0.05, 0) is 19.5 Å². The molecule has 0 bridgehead atoms. The number of hydrogen-bond donors (Lipinski definition) is 0. The molecule has 2 aliphatic rings. The molecule has 9 heteroatoms. The van der Waals surface area contributed by atoms with Crippen LogP contribution in [0.5, 0.6) is 0 Å². The van der Waals surface area contributed by atoms with E-state index in [1.807, 2.05) is 24.0 Å². The van der Waals surface area contributed by atoms with Crippen LogP contribution < -0.4 is 9.80 Å². The molecule has 154 valence electrons. The maximum atomic E-state index is 13.0. The van der Waals surface area contributed by atoms with Gasteiger partial charge in [0.05, 0.1) is 0 Å². The van der Waals surface area contributed by atoms with Crippen molar-refractivity contribution in [1.82, 2.24) is 29.7 Å². The van der Waals surface area contributed by atoms with Crippen LogP contribution >= 0.6 is 0 Å². The van der Waals surface area contributed by atoms with Crippen molar-refractivity contribution in [3.8, 4) is 0 Å². The zero-order valence-corrected chi connectivity index (χ0v) is 17.2. The van der Waals surface area contributed by atoms with Crippen LogP contribution in [0.4, 0.5) is 11.8 Å². The molecular formula is C20H28N8O. The lowest BCUT2D eigenvalue weighted by Crippen LogP contribution is -2.49. The third-order valence-electron chi connectivity index (χ3n) is 5.59. The van der Waals surface area contributed by atoms with Crippen LogP contribution in [0.25, 0.3) is 0 Å². The first-order valence-corrected chi connectivity index (χ1v) is 10.3. The molecule has 4 heterocycles. The molecule has 2 saturated heterocycles. The Hall–Kier alpha value is -2.81. The second-order valence-corrected chi connectivity index (χ2v) is 7.41. The van der Waals surface area contributed by atoms with Crippen molar-refractivity contribution in [3.63, 3.8) is 0 Å². The summed E-state index contributed by atoms with van der Waals surface area (Å²) in [5.74, 6) is 2.21. The van der Waals surface area contributed by atoms with Gasteiger partial charge in [0.25, 0.3) is 5.91 Å². The number of likely N-dealkylation sites (N-methyl/N-ethyl adjacent to an activating group) is 1. The Labute approximate surface area is 171 Å². The highest BCUT2D eigenvalue weighted by Crippen LogP contribution is 2.18. The van der Waals surface area contributed by atoms with E-state index in [1.54, 1.807) is 12.4 Å². The summed E-state index contributed by atoms with van der Waals surface area (Å²) in [5, 5.41) is 0. The summed E-state index contributed by atoms with van der Waals surface area (Å²) >= 11 is 0. The number of carbonyl (C=O) groups is 1. The number of aryl methyl sites for hydroxylation is 1. The Bertz CT molecular complexity index is 830. The Morgan fingerprint density at radius 2 is 1.59 bits per heavy atom. The number of amides is 1. The summed E-state index contributed by atoms with van der Waals surface area (Å²) in [4.78, 5) is 39.3. The van der Waals surface area contributed by atoms with E-state index in [4.69, 9.17) is 0 Å². The van der Waals surface area contributed by atoms with Crippen LogP contribution in [0.1, 0.15) is 23.2 Å². The molecule has 0 saturated carbocycles. The molecule has 0 aromatic carbocycles. The highest BCUT2D eigenvalue weighted by atomic mass is 16.2. The molecule has 0 atom stereocenters. The first-order valence-electron chi connectivity index (χ1n) is 10.3. The Morgan fingerprint density at radius 3 is 2.24 bits per heavy atom. The van der Waals surface area contributed by atoms with Gasteiger partial charge in [-0.3, -0.25) is 4.79 Å². The minimum atomic E-state index is 0.00354. The molecule has 1 amide bonds. The van der Waals surface area contributed by atoms with Crippen molar-refractivity contribution in [3.05, 3.63) is 36.0 Å². The summed E-state index contributed by atoms with van der Waals surface area (Å²) in [6, 6.07) is 3.67. The molecular weight excluding hydrogens is 368 g/mol. The van der Waals surface area contributed by atoms with Gasteiger partial charge in [0.2, 0.25) is 5.95 Å². The first-order chi connectivity index (χ1) is 14.1. The van der Waals surface area contributed by atoms with Crippen molar-refractivity contribution >= 4 is 17.7 Å². The topological polar surface area (TPSA) is 81.6 Å². The van der Waals surface area contributed by atoms with Crippen molar-refractivity contribution in [2.75, 3.05) is 68.7 Å². The summed E-state index contributed by atoms with van der Waals surface area (Å²) in [5.41, 5.74) is 0.492. The number of anilines is 2. The second kappa shape index (κ2) is 8.69. The molecule has 2 fully saturated rings. The number of piperazine rings is 2. The second-order valence-electron chi connectivity index (χ2n) is 7.41. The Kier molecular flexibility index (Phi) is 5.84. The molecule has 9 nitrogen and oxygen atoms in total. The molecule has 0 aliphatic carbocycles. The minimum Gasteiger partial charge on any atom is -0.353 e. The predicted octanol–water partition coefficient (Wildman–Crippen LogP) is 0.679. The molecule has 0 N–H and O–H groups in total. The molecule has 0 unspecified atom stereocenters. The molecule has 0 radical (unpaired) electrons. The number of hydrogen-bond acceptors (Lipinski definition) is 8. The first kappa shape index (κ1) is 19.5. The number of rotatable bonds is 4. The van der Waals surface area contributed by atoms with E-state index < -0.39 is 0 Å². The van der Waals surface area contributed by atoms with Crippen LogP contribution in [0.3, 0.4) is 0 Å². The Morgan fingerprint density at radius 1 is 0.931 bits per heavy atom. The largest absolute Gasteiger partial charge is 0.353 e. The summed E-state index contributed by atoms with van der Waals surface area (Å²) in [6.07, 6.45) is 3.53. The van der Waals surface area contributed by atoms with Gasteiger partial charge < -0.3 is 19.6 Å². The van der Waals surface area contributed by atoms with E-state index in [9.17, 15) is 4.79 Å². The average molecular weight is 396 g/mol. The monoisotopic (exact) mass is 396 g/mol. The van der Waals surface area contributed by atoms with E-state index in [2.05, 4.69) is 41.6 Å². The highest BCUT2D eigenvalue weighted by molar-refractivity contribution is 5.93. The van der Waals surface area contributed by atoms with Gasteiger partial charge in [0.15, 0.2) is 0 Å². The Balaban J connectivity index is 1.43. The van der Waals surface area contributed by atoms with Crippen LogP contribution in [0, 0.1) is 6.92 Å². The molecule has 4 rings (SSSR count). The van der Waals surface area contributed by atoms with Crippen molar-refractivity contribution in [2.45, 2.75) is 13.8 Å². The lowest BCUT2D eigenvalue weighted by Gasteiger charge is -2.36. The van der Waals surface area contributed by atoms with Crippen molar-refractivity contribution < 1.29 is 4.79 Å². The fraction of sp³-hybridized carbons (Fsp3) is 0.550. The maximum absolute atomic E-state index is 13.0. The molecule has 2 aromatic heterocycles. The van der Waals surface area contributed by atoms with Gasteiger partial charge in [-0.1, -0.05) is 6.92 Å². The number of aromatic nitrogens is 4. The van der Waals surface area contributed by atoms with Gasteiger partial charge in [0.1, 0.15) is 17.3 Å². The van der Waals surface area contributed by atoms with Crippen LogP contribution in [0.2, 0.25) is 0 Å². The predicted molar refractivity (Wildman–Crippen MR) is 111 cm³/mol. The fourth-order valence-electron chi connectivity index (χ4n) is 3.84. The van der Waals surface area contributed by atoms with Gasteiger partial charge in [0, 0.05) is 70.8 Å². The zero-order chi connectivity index (χ0) is 20.2. The average Bonchev–Trinajstić information content (AvgIpc) is 2.79. The summed E-state index contributed by atoms with van der Waals surface area (Å²) in [6.45, 7) is 11.6. The maximum Gasteiger partial charge on any atom is 0.272 e. The standard InChI is InChI=1S/C20H28N8O/c1-3-25-7-9-27(10-8-25)19(29)17-15-18(24-16(2)23-17)26-11-13-28(14-12-26)20-21-5-4-6-22-20/h4-6,15H,3,7-14H2,1-2H3. The summed E-state index contributed by atoms with van der Waals surface area (Å²) < 4.78 is 0. The SMILES string of the molecule is CCN1CCN(C(=O)c2cc(N3CCN(c4ncccn4)CC3)nc(C)n2)CC1. The van der Waals surface area contributed by atoms with Crippen LogP contribution in [-0.4, -0.2) is 94.5 Å². The van der Waals surface area contributed by atoms with Crippen LogP contribution in [0.15, 0.2) is 24.5 Å². The molecule has 2 aromatic rings. The fourth-order valence-corrected chi connectivity index (χ4v) is 3.84. The van der Waals surface area contributed by atoms with Crippen molar-refractivity contribution in [1.29, 1.82) is 0 Å². The number of nitrogens with zero attached hydrogens (tertiary/aromatic N) is 8. The lowest BCUT2D eigenvalue weighted by atomic mass is 10.2. The molecule has 2 aliphatic heterocycles. The zero-order valence-electron chi connectivity index (χ0n) is 17.2. The quantitative estimate of drug-likeness (QED) is 0.746. The number of carbonyl (C=O) groups excluding carboxylic acids is 1. The van der Waals surface area contributed by atoms with Crippen molar-refractivity contribution in [2.24, 2.45) is 0 Å². The van der Waals surface area contributed by atoms with Crippen LogP contribution in [-0.2, 0) is 0 Å². The normalized spacial score (nSPS) is 18.2. The lowest BCUT2D eigenvalue weighted by molar-refractivity contribution is 0.0637. The molecule has 29 heavy (non-hydrogen) atoms.